The standard InChI is InChI=1S/C19H22N2O3/c1-3-4-14-21(17-8-6-5-7-9-17)18(22)15-10-12-16(13-11-15)20-19(23)24-2/h5-13H,3-4,14H2,1-2H3,(H,20,23). The molecule has 0 atom stereocenters. The van der Waals surface area contributed by atoms with Gasteiger partial charge in [-0.3, -0.25) is 10.1 Å². The average Bonchev–Trinajstić information content (AvgIpc) is 2.63. The molecule has 0 spiro atoms. The molecule has 0 aliphatic rings. The Morgan fingerprint density at radius 2 is 1.71 bits per heavy atom. The summed E-state index contributed by atoms with van der Waals surface area (Å²) < 4.78 is 4.55. The van der Waals surface area contributed by atoms with Gasteiger partial charge in [0.15, 0.2) is 0 Å². The Kier molecular flexibility index (Phi) is 6.37. The molecule has 0 bridgehead atoms. The first kappa shape index (κ1) is 17.5. The molecule has 0 saturated heterocycles. The molecule has 24 heavy (non-hydrogen) atoms. The third-order valence-corrected chi connectivity index (χ3v) is 3.61. The zero-order valence-electron chi connectivity index (χ0n) is 14.0. The molecule has 0 heterocycles. The van der Waals surface area contributed by atoms with E-state index in [4.69, 9.17) is 0 Å². The van der Waals surface area contributed by atoms with Crippen molar-refractivity contribution in [2.45, 2.75) is 19.8 Å². The molecular formula is C19H22N2O3. The van der Waals surface area contributed by atoms with Crippen molar-refractivity contribution in [3.63, 3.8) is 0 Å². The van der Waals surface area contributed by atoms with Crippen molar-refractivity contribution in [1.29, 1.82) is 0 Å². The van der Waals surface area contributed by atoms with E-state index in [-0.39, 0.29) is 5.91 Å². The maximum Gasteiger partial charge on any atom is 0.411 e. The SMILES string of the molecule is CCCCN(C(=O)c1ccc(NC(=O)OC)cc1)c1ccccc1. The topological polar surface area (TPSA) is 58.6 Å². The molecular weight excluding hydrogens is 304 g/mol. The third kappa shape index (κ3) is 4.59. The second-order valence-corrected chi connectivity index (χ2v) is 5.34. The molecule has 0 fully saturated rings. The van der Waals surface area contributed by atoms with E-state index < -0.39 is 6.09 Å². The highest BCUT2D eigenvalue weighted by molar-refractivity contribution is 6.06. The molecule has 0 aliphatic carbocycles. The van der Waals surface area contributed by atoms with Gasteiger partial charge in [-0.25, -0.2) is 4.79 Å². The summed E-state index contributed by atoms with van der Waals surface area (Å²) in [6.07, 6.45) is 1.41. The highest BCUT2D eigenvalue weighted by atomic mass is 16.5. The molecule has 5 nitrogen and oxygen atoms in total. The first-order valence-electron chi connectivity index (χ1n) is 7.97. The lowest BCUT2D eigenvalue weighted by Gasteiger charge is -2.23. The minimum atomic E-state index is -0.539. The third-order valence-electron chi connectivity index (χ3n) is 3.61. The molecule has 2 amide bonds. The molecule has 2 rings (SSSR count). The molecule has 0 unspecified atom stereocenters. The van der Waals surface area contributed by atoms with Crippen molar-refractivity contribution in [2.75, 3.05) is 23.9 Å². The highest BCUT2D eigenvalue weighted by Gasteiger charge is 2.17. The van der Waals surface area contributed by atoms with Gasteiger partial charge in [0.25, 0.3) is 5.91 Å². The van der Waals surface area contributed by atoms with Gasteiger partial charge in [0.2, 0.25) is 0 Å². The quantitative estimate of drug-likeness (QED) is 0.860. The Morgan fingerprint density at radius 1 is 1.04 bits per heavy atom. The number of carbonyl (C=O) groups excluding carboxylic acids is 2. The smallest absolute Gasteiger partial charge is 0.411 e. The minimum Gasteiger partial charge on any atom is -0.453 e. The predicted molar refractivity (Wildman–Crippen MR) is 95.5 cm³/mol. The summed E-state index contributed by atoms with van der Waals surface area (Å²) in [5.41, 5.74) is 2.04. The molecule has 0 radical (unpaired) electrons. The van der Waals surface area contributed by atoms with E-state index in [1.165, 1.54) is 7.11 Å². The summed E-state index contributed by atoms with van der Waals surface area (Å²) in [5, 5.41) is 2.57. The molecule has 1 N–H and O–H groups in total. The van der Waals surface area contributed by atoms with Gasteiger partial charge in [0, 0.05) is 23.5 Å². The van der Waals surface area contributed by atoms with Gasteiger partial charge in [-0.2, -0.15) is 0 Å². The summed E-state index contributed by atoms with van der Waals surface area (Å²) in [5.74, 6) is -0.0562. The fourth-order valence-corrected chi connectivity index (χ4v) is 2.29. The number of methoxy groups -OCH3 is 1. The number of unbranched alkanes of at least 4 members (excludes halogenated alkanes) is 1. The Labute approximate surface area is 142 Å². The maximum atomic E-state index is 12.9. The van der Waals surface area contributed by atoms with E-state index in [1.807, 2.05) is 30.3 Å². The van der Waals surface area contributed by atoms with Gasteiger partial charge in [-0.1, -0.05) is 31.5 Å². The molecule has 2 aromatic carbocycles. The number of hydrogen-bond donors (Lipinski definition) is 1. The van der Waals surface area contributed by atoms with Gasteiger partial charge in [0.05, 0.1) is 7.11 Å². The predicted octanol–water partition coefficient (Wildman–Crippen LogP) is 4.31. The van der Waals surface area contributed by atoms with E-state index in [2.05, 4.69) is 17.0 Å². The van der Waals surface area contributed by atoms with Crippen LogP contribution in [0.5, 0.6) is 0 Å². The number of nitrogens with zero attached hydrogens (tertiary/aromatic N) is 1. The first-order chi connectivity index (χ1) is 11.7. The minimum absolute atomic E-state index is 0.0562. The number of amides is 2. The number of para-hydroxylation sites is 1. The van der Waals surface area contributed by atoms with Crippen molar-refractivity contribution in [2.24, 2.45) is 0 Å². The van der Waals surface area contributed by atoms with Crippen LogP contribution in [0.4, 0.5) is 16.2 Å². The van der Waals surface area contributed by atoms with E-state index in [1.54, 1.807) is 29.2 Å². The summed E-state index contributed by atoms with van der Waals surface area (Å²) in [4.78, 5) is 25.8. The summed E-state index contributed by atoms with van der Waals surface area (Å²) in [7, 11) is 1.30. The maximum absolute atomic E-state index is 12.9. The zero-order valence-corrected chi connectivity index (χ0v) is 14.0. The van der Waals surface area contributed by atoms with E-state index in [9.17, 15) is 9.59 Å². The van der Waals surface area contributed by atoms with Crippen LogP contribution < -0.4 is 10.2 Å². The van der Waals surface area contributed by atoms with Crippen molar-refractivity contribution in [3.8, 4) is 0 Å². The summed E-state index contributed by atoms with van der Waals surface area (Å²) in [6.45, 7) is 2.77. The van der Waals surface area contributed by atoms with E-state index in [0.717, 1.165) is 18.5 Å². The van der Waals surface area contributed by atoms with Crippen molar-refractivity contribution in [1.82, 2.24) is 0 Å². The summed E-state index contributed by atoms with van der Waals surface area (Å²) >= 11 is 0. The van der Waals surface area contributed by atoms with Crippen LogP contribution in [0.2, 0.25) is 0 Å². The number of ether oxygens (including phenoxy) is 1. The van der Waals surface area contributed by atoms with Crippen LogP contribution >= 0.6 is 0 Å². The van der Waals surface area contributed by atoms with Crippen molar-refractivity contribution >= 4 is 23.4 Å². The monoisotopic (exact) mass is 326 g/mol. The van der Waals surface area contributed by atoms with Crippen LogP contribution in [0.25, 0.3) is 0 Å². The number of anilines is 2. The molecule has 0 saturated carbocycles. The van der Waals surface area contributed by atoms with Gasteiger partial charge < -0.3 is 9.64 Å². The molecule has 126 valence electrons. The lowest BCUT2D eigenvalue weighted by atomic mass is 10.1. The molecule has 0 aromatic heterocycles. The normalized spacial score (nSPS) is 10.1. The number of carbonyl (C=O) groups is 2. The van der Waals surface area contributed by atoms with E-state index >= 15 is 0 Å². The lowest BCUT2D eigenvalue weighted by molar-refractivity contribution is 0.0986. The lowest BCUT2D eigenvalue weighted by Crippen LogP contribution is -2.31. The van der Waals surface area contributed by atoms with Crippen LogP contribution in [0.3, 0.4) is 0 Å². The van der Waals surface area contributed by atoms with Crippen molar-refractivity contribution in [3.05, 3.63) is 60.2 Å². The first-order valence-corrected chi connectivity index (χ1v) is 7.97. The Hall–Kier alpha value is -2.82. The number of benzene rings is 2. The van der Waals surface area contributed by atoms with Crippen molar-refractivity contribution < 1.29 is 14.3 Å². The molecule has 5 heteroatoms. The summed E-state index contributed by atoms with van der Waals surface area (Å²) in [6, 6.07) is 16.4. The Bertz CT molecular complexity index is 669. The number of hydrogen-bond acceptors (Lipinski definition) is 3. The van der Waals surface area contributed by atoms with Gasteiger partial charge >= 0.3 is 6.09 Å². The molecule has 0 aliphatic heterocycles. The van der Waals surface area contributed by atoms with Gasteiger partial charge in [-0.05, 0) is 42.8 Å². The Morgan fingerprint density at radius 3 is 2.29 bits per heavy atom. The van der Waals surface area contributed by atoms with E-state index in [0.29, 0.717) is 17.8 Å². The largest absolute Gasteiger partial charge is 0.453 e. The van der Waals surface area contributed by atoms with Crippen LogP contribution in [-0.2, 0) is 4.74 Å². The van der Waals surface area contributed by atoms with Crippen LogP contribution in [0.1, 0.15) is 30.1 Å². The average molecular weight is 326 g/mol. The molecule has 2 aromatic rings. The fraction of sp³-hybridized carbons (Fsp3) is 0.263. The van der Waals surface area contributed by atoms with Crippen LogP contribution in [-0.4, -0.2) is 25.7 Å². The zero-order chi connectivity index (χ0) is 17.4. The highest BCUT2D eigenvalue weighted by Crippen LogP contribution is 2.19. The van der Waals surface area contributed by atoms with Crippen LogP contribution in [0.15, 0.2) is 54.6 Å². The fourth-order valence-electron chi connectivity index (χ4n) is 2.29. The van der Waals surface area contributed by atoms with Gasteiger partial charge in [0.1, 0.15) is 0 Å². The second-order valence-electron chi connectivity index (χ2n) is 5.34. The van der Waals surface area contributed by atoms with Gasteiger partial charge in [-0.15, -0.1) is 0 Å². The number of rotatable bonds is 6. The number of nitrogens with one attached hydrogen (secondary N) is 1. The Balaban J connectivity index is 2.18. The van der Waals surface area contributed by atoms with Crippen LogP contribution in [0, 0.1) is 0 Å². The second kappa shape index (κ2) is 8.72.